The SMILES string of the molecule is CCSCCCOc1ccc(CCN)cc1F. The van der Waals surface area contributed by atoms with E-state index in [-0.39, 0.29) is 5.82 Å². The first-order chi connectivity index (χ1) is 8.27. The molecule has 0 saturated heterocycles. The van der Waals surface area contributed by atoms with E-state index in [4.69, 9.17) is 10.5 Å². The predicted octanol–water partition coefficient (Wildman–Crippen LogP) is 2.85. The Hall–Kier alpha value is -0.740. The van der Waals surface area contributed by atoms with Crippen LogP contribution in [0.4, 0.5) is 4.39 Å². The summed E-state index contributed by atoms with van der Waals surface area (Å²) in [6.45, 7) is 3.23. The van der Waals surface area contributed by atoms with Crippen LogP contribution < -0.4 is 10.5 Å². The Labute approximate surface area is 107 Å². The van der Waals surface area contributed by atoms with Gasteiger partial charge in [0.15, 0.2) is 11.6 Å². The summed E-state index contributed by atoms with van der Waals surface area (Å²) in [6.07, 6.45) is 1.65. The lowest BCUT2D eigenvalue weighted by atomic mass is 10.1. The molecule has 0 unspecified atom stereocenters. The van der Waals surface area contributed by atoms with Crippen molar-refractivity contribution in [2.45, 2.75) is 19.8 Å². The van der Waals surface area contributed by atoms with Gasteiger partial charge in [0, 0.05) is 0 Å². The molecule has 0 spiro atoms. The summed E-state index contributed by atoms with van der Waals surface area (Å²) in [5, 5.41) is 0. The average Bonchev–Trinajstić information content (AvgIpc) is 2.32. The van der Waals surface area contributed by atoms with Crippen molar-refractivity contribution in [3.63, 3.8) is 0 Å². The Kier molecular flexibility index (Phi) is 7.05. The number of rotatable bonds is 8. The highest BCUT2D eigenvalue weighted by molar-refractivity contribution is 7.99. The van der Waals surface area contributed by atoms with Gasteiger partial charge in [-0.1, -0.05) is 13.0 Å². The monoisotopic (exact) mass is 257 g/mol. The van der Waals surface area contributed by atoms with E-state index in [1.54, 1.807) is 6.07 Å². The number of hydrogen-bond acceptors (Lipinski definition) is 3. The number of nitrogens with two attached hydrogens (primary N) is 1. The topological polar surface area (TPSA) is 35.2 Å². The second-order valence-corrected chi connectivity index (χ2v) is 5.10. The molecule has 0 radical (unpaired) electrons. The summed E-state index contributed by atoms with van der Waals surface area (Å²) in [5.41, 5.74) is 6.33. The minimum absolute atomic E-state index is 0.293. The molecule has 0 aliphatic rings. The Bertz CT molecular complexity index is 333. The van der Waals surface area contributed by atoms with Crippen LogP contribution in [0.2, 0.25) is 0 Å². The summed E-state index contributed by atoms with van der Waals surface area (Å²) in [4.78, 5) is 0. The summed E-state index contributed by atoms with van der Waals surface area (Å²) in [6, 6.07) is 5.06. The molecular weight excluding hydrogens is 237 g/mol. The fraction of sp³-hybridized carbons (Fsp3) is 0.538. The fourth-order valence-corrected chi connectivity index (χ4v) is 2.08. The van der Waals surface area contributed by atoms with Crippen LogP contribution in [-0.2, 0) is 6.42 Å². The zero-order valence-electron chi connectivity index (χ0n) is 10.2. The first-order valence-electron chi connectivity index (χ1n) is 5.97. The maximum Gasteiger partial charge on any atom is 0.165 e. The second-order valence-electron chi connectivity index (χ2n) is 3.70. The van der Waals surface area contributed by atoms with Crippen molar-refractivity contribution in [1.82, 2.24) is 0 Å². The molecule has 0 amide bonds. The highest BCUT2D eigenvalue weighted by Gasteiger charge is 2.04. The van der Waals surface area contributed by atoms with Crippen molar-refractivity contribution < 1.29 is 9.13 Å². The van der Waals surface area contributed by atoms with Gasteiger partial charge in [0.1, 0.15) is 0 Å². The molecule has 0 aromatic heterocycles. The summed E-state index contributed by atoms with van der Waals surface area (Å²) in [7, 11) is 0. The molecule has 0 atom stereocenters. The molecule has 0 heterocycles. The van der Waals surface area contributed by atoms with Gasteiger partial charge in [-0.2, -0.15) is 11.8 Å². The number of ether oxygens (including phenoxy) is 1. The van der Waals surface area contributed by atoms with Gasteiger partial charge in [0.2, 0.25) is 0 Å². The van der Waals surface area contributed by atoms with Crippen molar-refractivity contribution >= 4 is 11.8 Å². The van der Waals surface area contributed by atoms with E-state index in [0.717, 1.165) is 23.5 Å². The highest BCUT2D eigenvalue weighted by atomic mass is 32.2. The van der Waals surface area contributed by atoms with Crippen LogP contribution in [0.15, 0.2) is 18.2 Å². The average molecular weight is 257 g/mol. The molecular formula is C13H20FNOS. The molecule has 0 aliphatic carbocycles. The number of benzene rings is 1. The Balaban J connectivity index is 2.38. The lowest BCUT2D eigenvalue weighted by Crippen LogP contribution is -2.04. The zero-order chi connectivity index (χ0) is 12.5. The first kappa shape index (κ1) is 14.3. The van der Waals surface area contributed by atoms with E-state index in [1.807, 2.05) is 17.8 Å². The summed E-state index contributed by atoms with van der Waals surface area (Å²) in [5.74, 6) is 2.22. The molecule has 0 aliphatic heterocycles. The van der Waals surface area contributed by atoms with Gasteiger partial charge in [-0.3, -0.25) is 0 Å². The van der Waals surface area contributed by atoms with E-state index in [9.17, 15) is 4.39 Å². The van der Waals surface area contributed by atoms with Gasteiger partial charge < -0.3 is 10.5 Å². The first-order valence-corrected chi connectivity index (χ1v) is 7.12. The lowest BCUT2D eigenvalue weighted by molar-refractivity contribution is 0.302. The second kappa shape index (κ2) is 8.37. The van der Waals surface area contributed by atoms with Gasteiger partial charge in [0.25, 0.3) is 0 Å². The predicted molar refractivity (Wildman–Crippen MR) is 72.3 cm³/mol. The number of halogens is 1. The molecule has 1 aromatic rings. The molecule has 17 heavy (non-hydrogen) atoms. The fourth-order valence-electron chi connectivity index (χ4n) is 1.47. The standard InChI is InChI=1S/C13H20FNOS/c1-2-17-9-3-8-16-13-5-4-11(6-7-15)10-12(13)14/h4-5,10H,2-3,6-9,15H2,1H3. The summed E-state index contributed by atoms with van der Waals surface area (Å²) >= 11 is 1.87. The maximum atomic E-state index is 13.6. The highest BCUT2D eigenvalue weighted by Crippen LogP contribution is 2.18. The molecule has 1 rings (SSSR count). The molecule has 0 saturated carbocycles. The van der Waals surface area contributed by atoms with Gasteiger partial charge in [-0.05, 0) is 48.6 Å². The smallest absolute Gasteiger partial charge is 0.165 e. The van der Waals surface area contributed by atoms with Gasteiger partial charge in [0.05, 0.1) is 6.61 Å². The quantitative estimate of drug-likeness (QED) is 0.727. The van der Waals surface area contributed by atoms with E-state index < -0.39 is 0 Å². The molecule has 4 heteroatoms. The van der Waals surface area contributed by atoms with Crippen molar-refractivity contribution in [3.8, 4) is 5.75 Å². The van der Waals surface area contributed by atoms with E-state index in [1.165, 1.54) is 6.07 Å². The van der Waals surface area contributed by atoms with Crippen LogP contribution in [0, 0.1) is 5.82 Å². The van der Waals surface area contributed by atoms with Crippen LogP contribution in [0.1, 0.15) is 18.9 Å². The Morgan fingerprint density at radius 3 is 2.88 bits per heavy atom. The molecule has 0 bridgehead atoms. The van der Waals surface area contributed by atoms with Gasteiger partial charge in [-0.25, -0.2) is 4.39 Å². The van der Waals surface area contributed by atoms with Crippen LogP contribution in [-0.4, -0.2) is 24.7 Å². The molecule has 96 valence electrons. The summed E-state index contributed by atoms with van der Waals surface area (Å²) < 4.78 is 19.0. The molecule has 2 N–H and O–H groups in total. The van der Waals surface area contributed by atoms with E-state index >= 15 is 0 Å². The van der Waals surface area contributed by atoms with E-state index in [2.05, 4.69) is 6.92 Å². The molecule has 1 aromatic carbocycles. The lowest BCUT2D eigenvalue weighted by Gasteiger charge is -2.08. The van der Waals surface area contributed by atoms with Crippen molar-refractivity contribution in [2.75, 3.05) is 24.7 Å². The van der Waals surface area contributed by atoms with Crippen LogP contribution in [0.25, 0.3) is 0 Å². The number of thioether (sulfide) groups is 1. The molecule has 0 fully saturated rings. The Morgan fingerprint density at radius 2 is 2.24 bits per heavy atom. The normalized spacial score (nSPS) is 10.5. The minimum atomic E-state index is -0.293. The van der Waals surface area contributed by atoms with Gasteiger partial charge in [-0.15, -0.1) is 0 Å². The van der Waals surface area contributed by atoms with Crippen molar-refractivity contribution in [2.24, 2.45) is 5.73 Å². The Morgan fingerprint density at radius 1 is 1.41 bits per heavy atom. The van der Waals surface area contributed by atoms with Crippen LogP contribution in [0.3, 0.4) is 0 Å². The third-order valence-electron chi connectivity index (χ3n) is 2.32. The maximum absolute atomic E-state index is 13.6. The van der Waals surface area contributed by atoms with Crippen molar-refractivity contribution in [3.05, 3.63) is 29.6 Å². The molecule has 2 nitrogen and oxygen atoms in total. The van der Waals surface area contributed by atoms with E-state index in [0.29, 0.717) is 25.3 Å². The van der Waals surface area contributed by atoms with Crippen molar-refractivity contribution in [1.29, 1.82) is 0 Å². The minimum Gasteiger partial charge on any atom is -0.490 e. The van der Waals surface area contributed by atoms with Crippen LogP contribution in [0.5, 0.6) is 5.75 Å². The zero-order valence-corrected chi connectivity index (χ0v) is 11.1. The largest absolute Gasteiger partial charge is 0.490 e. The van der Waals surface area contributed by atoms with Gasteiger partial charge >= 0.3 is 0 Å². The number of hydrogen-bond donors (Lipinski definition) is 1. The van der Waals surface area contributed by atoms with Crippen LogP contribution >= 0.6 is 11.8 Å². The third kappa shape index (κ3) is 5.41. The third-order valence-corrected chi connectivity index (χ3v) is 3.31.